The van der Waals surface area contributed by atoms with Crippen molar-refractivity contribution in [3.05, 3.63) is 76.0 Å². The first-order valence-electron chi connectivity index (χ1n) is 12.2. The number of aromatic amines is 1. The van der Waals surface area contributed by atoms with E-state index in [9.17, 15) is 13.2 Å². The molecule has 2 aromatic carbocycles. The molecule has 1 aliphatic carbocycles. The van der Waals surface area contributed by atoms with Gasteiger partial charge in [0.2, 0.25) is 0 Å². The molecular weight excluding hydrogens is 504 g/mol. The summed E-state index contributed by atoms with van der Waals surface area (Å²) < 4.78 is 38.3. The summed E-state index contributed by atoms with van der Waals surface area (Å²) in [7, 11) is -1.86. The molecule has 5 aromatic rings. The van der Waals surface area contributed by atoms with Gasteiger partial charge in [0.25, 0.3) is 11.4 Å². The normalized spacial score (nSPS) is 13.8. The second-order valence-electron chi connectivity index (χ2n) is 9.92. The Labute approximate surface area is 219 Å². The molecule has 10 heteroatoms. The van der Waals surface area contributed by atoms with Gasteiger partial charge in [-0.25, -0.2) is 8.42 Å². The first kappa shape index (κ1) is 24.2. The highest BCUT2D eigenvalue weighted by molar-refractivity contribution is 7.90. The van der Waals surface area contributed by atoms with Gasteiger partial charge >= 0.3 is 0 Å². The molecule has 3 aromatic heterocycles. The molecule has 1 N–H and O–H groups in total. The Kier molecular flexibility index (Phi) is 5.53. The van der Waals surface area contributed by atoms with E-state index in [-0.39, 0.29) is 10.5 Å². The number of nitrogens with one attached hydrogen (secondary N) is 1. The van der Waals surface area contributed by atoms with E-state index in [0.717, 1.165) is 30.2 Å². The van der Waals surface area contributed by atoms with Crippen molar-refractivity contribution in [3.8, 4) is 34.2 Å². The largest absolute Gasteiger partial charge is 0.456 e. The van der Waals surface area contributed by atoms with Crippen LogP contribution in [0.3, 0.4) is 0 Å². The molecule has 0 bridgehead atoms. The third-order valence-electron chi connectivity index (χ3n) is 6.87. The minimum atomic E-state index is -3.51. The summed E-state index contributed by atoms with van der Waals surface area (Å²) in [5.41, 5.74) is 3.66. The number of hydrogen-bond acceptors (Lipinski definition) is 7. The predicted octanol–water partition coefficient (Wildman–Crippen LogP) is 5.27. The Hall–Kier alpha value is -4.18. The summed E-state index contributed by atoms with van der Waals surface area (Å²) in [6.07, 6.45) is 4.92. The van der Waals surface area contributed by atoms with Gasteiger partial charge in [0, 0.05) is 41.9 Å². The number of para-hydroxylation sites is 1. The Morgan fingerprint density at radius 3 is 2.50 bits per heavy atom. The lowest BCUT2D eigenvalue weighted by Crippen LogP contribution is -2.16. The van der Waals surface area contributed by atoms with E-state index in [4.69, 9.17) is 9.26 Å². The van der Waals surface area contributed by atoms with Gasteiger partial charge in [0.05, 0.1) is 4.90 Å². The molecule has 0 spiro atoms. The van der Waals surface area contributed by atoms with E-state index in [1.54, 1.807) is 31.4 Å². The van der Waals surface area contributed by atoms with Gasteiger partial charge in [-0.3, -0.25) is 4.79 Å². The minimum absolute atomic E-state index is 0.144. The summed E-state index contributed by atoms with van der Waals surface area (Å²) >= 11 is 0. The molecule has 0 atom stereocenters. The highest BCUT2D eigenvalue weighted by Gasteiger charge is 2.29. The molecule has 3 heterocycles. The summed E-state index contributed by atoms with van der Waals surface area (Å²) in [6, 6.07) is 12.4. The monoisotopic (exact) mass is 530 g/mol. The quantitative estimate of drug-likeness (QED) is 0.317. The molecule has 9 nitrogen and oxygen atoms in total. The number of sulfone groups is 1. The van der Waals surface area contributed by atoms with E-state index in [1.165, 1.54) is 10.6 Å². The molecule has 0 radical (unpaired) electrons. The molecule has 6 rings (SSSR count). The number of aryl methyl sites for hydroxylation is 3. The van der Waals surface area contributed by atoms with Crippen molar-refractivity contribution >= 4 is 20.7 Å². The first-order chi connectivity index (χ1) is 18.1. The van der Waals surface area contributed by atoms with E-state index in [2.05, 4.69) is 15.1 Å². The van der Waals surface area contributed by atoms with Crippen LogP contribution < -0.4 is 10.3 Å². The summed E-state index contributed by atoms with van der Waals surface area (Å²) in [5.74, 6) is 2.44. The molecule has 0 aliphatic heterocycles. The fourth-order valence-electron chi connectivity index (χ4n) is 4.62. The molecular formula is C28H26N4O5S. The molecule has 0 amide bonds. The lowest BCUT2D eigenvalue weighted by atomic mass is 10.0. The zero-order valence-electron chi connectivity index (χ0n) is 21.4. The first-order valence-corrected chi connectivity index (χ1v) is 14.1. The number of hydrogen-bond donors (Lipinski definition) is 1. The third kappa shape index (κ3) is 4.20. The van der Waals surface area contributed by atoms with Crippen LogP contribution in [0, 0.1) is 13.8 Å². The molecule has 1 aliphatic rings. The van der Waals surface area contributed by atoms with Crippen LogP contribution in [0.5, 0.6) is 11.5 Å². The fourth-order valence-corrected chi connectivity index (χ4v) is 5.27. The maximum absolute atomic E-state index is 13.1. The van der Waals surface area contributed by atoms with Crippen molar-refractivity contribution in [2.24, 2.45) is 7.05 Å². The smallest absolute Gasteiger partial charge is 0.274 e. The second kappa shape index (κ2) is 8.70. The number of ether oxygens (including phenoxy) is 1. The number of benzene rings is 2. The van der Waals surface area contributed by atoms with Crippen LogP contribution in [-0.2, 0) is 16.9 Å². The Morgan fingerprint density at radius 1 is 1.08 bits per heavy atom. The van der Waals surface area contributed by atoms with Crippen LogP contribution in [0.15, 0.2) is 62.9 Å². The van der Waals surface area contributed by atoms with Crippen LogP contribution in [0.1, 0.15) is 35.7 Å². The number of aromatic nitrogens is 4. The number of fused-ring (bicyclic) bond motifs is 1. The molecule has 38 heavy (non-hydrogen) atoms. The maximum atomic E-state index is 13.1. The molecule has 0 saturated heterocycles. The number of pyridine rings is 1. The van der Waals surface area contributed by atoms with Gasteiger partial charge in [0.1, 0.15) is 22.7 Å². The SMILES string of the molecule is Cc1cccc(C)c1Oc1ccc(S(C)(=O)=O)cc1-c1cn(C)c(=O)c2[nH]c(-c3nc(C4CC4)no3)cc12. The average Bonchev–Trinajstić information content (AvgIpc) is 3.42. The summed E-state index contributed by atoms with van der Waals surface area (Å²) in [5, 5.41) is 4.67. The van der Waals surface area contributed by atoms with Crippen LogP contribution >= 0.6 is 0 Å². The van der Waals surface area contributed by atoms with Crippen LogP contribution in [0.4, 0.5) is 0 Å². The van der Waals surface area contributed by atoms with Gasteiger partial charge in [-0.15, -0.1) is 0 Å². The topological polar surface area (TPSA) is 120 Å². The van der Waals surface area contributed by atoms with Gasteiger partial charge in [0.15, 0.2) is 15.7 Å². The van der Waals surface area contributed by atoms with Gasteiger partial charge in [-0.2, -0.15) is 4.98 Å². The van der Waals surface area contributed by atoms with Crippen LogP contribution in [0.2, 0.25) is 0 Å². The van der Waals surface area contributed by atoms with E-state index in [1.807, 2.05) is 32.0 Å². The molecule has 194 valence electrons. The minimum Gasteiger partial charge on any atom is -0.456 e. The van der Waals surface area contributed by atoms with Crippen LogP contribution in [-0.4, -0.2) is 34.4 Å². The lowest BCUT2D eigenvalue weighted by Gasteiger charge is -2.17. The average molecular weight is 531 g/mol. The Bertz CT molecular complexity index is 1870. The Morgan fingerprint density at radius 2 is 1.82 bits per heavy atom. The highest BCUT2D eigenvalue weighted by Crippen LogP contribution is 2.41. The standard InChI is InChI=1S/C28H26N4O5S/c1-15-6-5-7-16(2)25(15)36-23-11-10-18(38(4,34)35)12-19(23)21-14-32(3)28(33)24-20(21)13-22(29-24)27-30-26(31-37-27)17-8-9-17/h5-7,10-14,17,29H,8-9H2,1-4H3. The van der Waals surface area contributed by atoms with Crippen molar-refractivity contribution < 1.29 is 17.7 Å². The van der Waals surface area contributed by atoms with Gasteiger partial charge in [-0.05, 0) is 62.1 Å². The number of nitrogens with zero attached hydrogens (tertiary/aromatic N) is 3. The summed E-state index contributed by atoms with van der Waals surface area (Å²) in [6.45, 7) is 3.91. The zero-order valence-corrected chi connectivity index (χ0v) is 22.2. The van der Waals surface area contributed by atoms with E-state index < -0.39 is 9.84 Å². The second-order valence-corrected chi connectivity index (χ2v) is 11.9. The number of H-pyrrole nitrogens is 1. The third-order valence-corrected chi connectivity index (χ3v) is 7.98. The molecule has 1 saturated carbocycles. The lowest BCUT2D eigenvalue weighted by molar-refractivity contribution is 0.422. The maximum Gasteiger partial charge on any atom is 0.274 e. The predicted molar refractivity (Wildman–Crippen MR) is 143 cm³/mol. The van der Waals surface area contributed by atoms with E-state index >= 15 is 0 Å². The van der Waals surface area contributed by atoms with Crippen molar-refractivity contribution in [2.45, 2.75) is 37.5 Å². The molecule has 0 unspecified atom stereocenters. The van der Waals surface area contributed by atoms with Crippen LogP contribution in [0.25, 0.3) is 33.6 Å². The fraction of sp³-hybridized carbons (Fsp3) is 0.250. The molecule has 1 fully saturated rings. The van der Waals surface area contributed by atoms with Gasteiger partial charge < -0.3 is 18.8 Å². The van der Waals surface area contributed by atoms with Crippen molar-refractivity contribution in [1.29, 1.82) is 0 Å². The number of rotatable bonds is 6. The Balaban J connectivity index is 1.58. The highest BCUT2D eigenvalue weighted by atomic mass is 32.2. The summed E-state index contributed by atoms with van der Waals surface area (Å²) in [4.78, 5) is 20.9. The van der Waals surface area contributed by atoms with Crippen molar-refractivity contribution in [2.75, 3.05) is 6.26 Å². The van der Waals surface area contributed by atoms with Gasteiger partial charge in [-0.1, -0.05) is 23.4 Å². The van der Waals surface area contributed by atoms with E-state index in [0.29, 0.717) is 56.9 Å². The van der Waals surface area contributed by atoms with Crippen molar-refractivity contribution in [3.63, 3.8) is 0 Å². The van der Waals surface area contributed by atoms with Crippen molar-refractivity contribution in [1.82, 2.24) is 19.7 Å². The zero-order chi connectivity index (χ0) is 26.8.